The van der Waals surface area contributed by atoms with Gasteiger partial charge in [-0.3, -0.25) is 4.57 Å². The Hall–Kier alpha value is -1.04. The summed E-state index contributed by atoms with van der Waals surface area (Å²) < 4.78 is 4.70. The van der Waals surface area contributed by atoms with Gasteiger partial charge in [0.15, 0.2) is 5.65 Å². The van der Waals surface area contributed by atoms with Crippen LogP contribution in [0.5, 0.6) is 0 Å². The van der Waals surface area contributed by atoms with E-state index in [4.69, 9.17) is 23.2 Å². The lowest BCUT2D eigenvalue weighted by molar-refractivity contribution is 0.744. The molecule has 1 aromatic carbocycles. The first-order chi connectivity index (χ1) is 10.1. The lowest BCUT2D eigenvalue weighted by Gasteiger charge is -2.09. The lowest BCUT2D eigenvalue weighted by atomic mass is 10.3. The third-order valence-corrected chi connectivity index (χ3v) is 4.86. The Labute approximate surface area is 140 Å². The Morgan fingerprint density at radius 3 is 2.71 bits per heavy atom. The summed E-state index contributed by atoms with van der Waals surface area (Å²) in [5.74, 6) is 1.11. The quantitative estimate of drug-likeness (QED) is 0.621. The summed E-state index contributed by atoms with van der Waals surface area (Å²) in [6, 6.07) is 5.78. The second-order valence-electron chi connectivity index (χ2n) is 4.69. The SMILES string of the molecule is CCc1nn(C)c2c1nc(CCl)n2-c1ccc(Br)c(Cl)c1. The van der Waals surface area contributed by atoms with Crippen molar-refractivity contribution in [1.82, 2.24) is 19.3 Å². The predicted molar refractivity (Wildman–Crippen MR) is 89.5 cm³/mol. The summed E-state index contributed by atoms with van der Waals surface area (Å²) in [5.41, 5.74) is 3.73. The van der Waals surface area contributed by atoms with Crippen LogP contribution in [0.25, 0.3) is 16.9 Å². The third-order valence-electron chi connectivity index (χ3n) is 3.39. The Kier molecular flexibility index (Phi) is 3.99. The molecular formula is C14H13BrCl2N4. The predicted octanol–water partition coefficient (Wildman–Crippen LogP) is 4.48. The zero-order chi connectivity index (χ0) is 15.1. The Morgan fingerprint density at radius 2 is 2.10 bits per heavy atom. The highest BCUT2D eigenvalue weighted by atomic mass is 79.9. The molecule has 0 amide bonds. The molecule has 7 heteroatoms. The van der Waals surface area contributed by atoms with Crippen LogP contribution >= 0.6 is 39.1 Å². The second-order valence-corrected chi connectivity index (χ2v) is 6.22. The van der Waals surface area contributed by atoms with Crippen LogP contribution in [-0.2, 0) is 19.3 Å². The molecule has 0 bridgehead atoms. The minimum atomic E-state index is 0.325. The number of imidazole rings is 1. The van der Waals surface area contributed by atoms with Gasteiger partial charge in [-0.1, -0.05) is 18.5 Å². The Balaban J connectivity index is 2.34. The minimum absolute atomic E-state index is 0.325. The molecule has 0 aliphatic rings. The smallest absolute Gasteiger partial charge is 0.163 e. The van der Waals surface area contributed by atoms with E-state index in [9.17, 15) is 0 Å². The van der Waals surface area contributed by atoms with Crippen LogP contribution in [0.3, 0.4) is 0 Å². The topological polar surface area (TPSA) is 35.6 Å². The normalized spacial score (nSPS) is 11.5. The van der Waals surface area contributed by atoms with Gasteiger partial charge in [-0.15, -0.1) is 11.6 Å². The molecule has 0 aliphatic heterocycles. The fraction of sp³-hybridized carbons (Fsp3) is 0.286. The molecule has 0 N–H and O–H groups in total. The molecule has 0 spiro atoms. The van der Waals surface area contributed by atoms with E-state index in [0.717, 1.165) is 39.3 Å². The van der Waals surface area contributed by atoms with Gasteiger partial charge in [-0.2, -0.15) is 5.10 Å². The van der Waals surface area contributed by atoms with Crippen molar-refractivity contribution in [2.24, 2.45) is 7.05 Å². The monoisotopic (exact) mass is 386 g/mol. The first-order valence-electron chi connectivity index (χ1n) is 6.51. The number of aromatic nitrogens is 4. The molecule has 0 aliphatic carbocycles. The Morgan fingerprint density at radius 1 is 1.33 bits per heavy atom. The third kappa shape index (κ3) is 2.37. The number of alkyl halides is 1. The van der Waals surface area contributed by atoms with Crippen LogP contribution in [0.1, 0.15) is 18.4 Å². The minimum Gasteiger partial charge on any atom is -0.280 e. The van der Waals surface area contributed by atoms with E-state index in [1.807, 2.05) is 34.5 Å². The highest BCUT2D eigenvalue weighted by Gasteiger charge is 2.19. The molecule has 21 heavy (non-hydrogen) atoms. The first-order valence-corrected chi connectivity index (χ1v) is 8.22. The van der Waals surface area contributed by atoms with E-state index in [2.05, 4.69) is 32.9 Å². The van der Waals surface area contributed by atoms with Gasteiger partial charge in [-0.05, 0) is 40.5 Å². The van der Waals surface area contributed by atoms with Crippen molar-refractivity contribution in [1.29, 1.82) is 0 Å². The van der Waals surface area contributed by atoms with E-state index in [0.29, 0.717) is 10.9 Å². The van der Waals surface area contributed by atoms with E-state index in [1.165, 1.54) is 0 Å². The van der Waals surface area contributed by atoms with Crippen molar-refractivity contribution in [3.8, 4) is 5.69 Å². The van der Waals surface area contributed by atoms with Crippen molar-refractivity contribution in [3.05, 3.63) is 39.2 Å². The van der Waals surface area contributed by atoms with Crippen LogP contribution < -0.4 is 0 Å². The number of halogens is 3. The second kappa shape index (κ2) is 5.63. The van der Waals surface area contributed by atoms with Crippen molar-refractivity contribution in [3.63, 3.8) is 0 Å². The zero-order valence-electron chi connectivity index (χ0n) is 11.6. The number of aryl methyl sites for hydroxylation is 2. The van der Waals surface area contributed by atoms with Gasteiger partial charge in [0, 0.05) is 11.5 Å². The molecule has 0 unspecified atom stereocenters. The molecule has 0 radical (unpaired) electrons. The number of fused-ring (bicyclic) bond motifs is 1. The number of nitrogens with zero attached hydrogens (tertiary/aromatic N) is 4. The zero-order valence-corrected chi connectivity index (χ0v) is 14.7. The first kappa shape index (κ1) is 14.9. The van der Waals surface area contributed by atoms with Crippen molar-refractivity contribution in [2.45, 2.75) is 19.2 Å². The largest absolute Gasteiger partial charge is 0.280 e. The molecule has 0 fully saturated rings. The summed E-state index contributed by atoms with van der Waals surface area (Å²) in [4.78, 5) is 4.64. The molecule has 110 valence electrons. The molecule has 0 saturated heterocycles. The molecular weight excluding hydrogens is 375 g/mol. The molecule has 0 atom stereocenters. The maximum Gasteiger partial charge on any atom is 0.163 e. The van der Waals surface area contributed by atoms with E-state index >= 15 is 0 Å². The number of benzene rings is 1. The van der Waals surface area contributed by atoms with Gasteiger partial charge < -0.3 is 0 Å². The molecule has 0 saturated carbocycles. The van der Waals surface area contributed by atoms with Crippen LogP contribution in [0.15, 0.2) is 22.7 Å². The van der Waals surface area contributed by atoms with Crippen LogP contribution in [0.2, 0.25) is 5.02 Å². The van der Waals surface area contributed by atoms with E-state index < -0.39 is 0 Å². The Bertz CT molecular complexity index is 822. The maximum atomic E-state index is 6.21. The van der Waals surface area contributed by atoms with Gasteiger partial charge >= 0.3 is 0 Å². The highest BCUT2D eigenvalue weighted by Crippen LogP contribution is 2.29. The average molecular weight is 388 g/mol. The average Bonchev–Trinajstić information content (AvgIpc) is 2.99. The van der Waals surface area contributed by atoms with Gasteiger partial charge in [0.1, 0.15) is 11.3 Å². The molecule has 2 heterocycles. The molecule has 4 nitrogen and oxygen atoms in total. The number of hydrogen-bond donors (Lipinski definition) is 0. The summed E-state index contributed by atoms with van der Waals surface area (Å²) in [7, 11) is 1.91. The standard InChI is InChI=1S/C14H13BrCl2N4/c1-3-11-13-14(20(2)19-11)21(12(7-16)18-13)8-4-5-9(15)10(17)6-8/h4-6H,3,7H2,1-2H3. The molecule has 2 aromatic heterocycles. The lowest BCUT2D eigenvalue weighted by Crippen LogP contribution is -2.04. The van der Waals surface area contributed by atoms with Crippen molar-refractivity contribution < 1.29 is 0 Å². The van der Waals surface area contributed by atoms with E-state index in [-0.39, 0.29) is 0 Å². The van der Waals surface area contributed by atoms with E-state index in [1.54, 1.807) is 0 Å². The molecule has 3 aromatic rings. The molecule has 3 rings (SSSR count). The van der Waals surface area contributed by atoms with Gasteiger partial charge in [0.25, 0.3) is 0 Å². The number of hydrogen-bond acceptors (Lipinski definition) is 2. The van der Waals surface area contributed by atoms with Crippen LogP contribution in [0, 0.1) is 0 Å². The maximum absolute atomic E-state index is 6.21. The van der Waals surface area contributed by atoms with Gasteiger partial charge in [-0.25, -0.2) is 9.67 Å². The van der Waals surface area contributed by atoms with Crippen LogP contribution in [-0.4, -0.2) is 19.3 Å². The van der Waals surface area contributed by atoms with Crippen molar-refractivity contribution in [2.75, 3.05) is 0 Å². The summed E-state index contributed by atoms with van der Waals surface area (Å²) in [6.07, 6.45) is 0.831. The summed E-state index contributed by atoms with van der Waals surface area (Å²) in [6.45, 7) is 2.07. The van der Waals surface area contributed by atoms with Crippen LogP contribution in [0.4, 0.5) is 0 Å². The van der Waals surface area contributed by atoms with Crippen molar-refractivity contribution >= 4 is 50.3 Å². The number of rotatable bonds is 3. The van der Waals surface area contributed by atoms with Gasteiger partial charge in [0.05, 0.1) is 22.3 Å². The van der Waals surface area contributed by atoms with Gasteiger partial charge in [0.2, 0.25) is 0 Å². The summed E-state index contributed by atoms with van der Waals surface area (Å²) >= 11 is 15.7. The highest BCUT2D eigenvalue weighted by molar-refractivity contribution is 9.10. The fourth-order valence-corrected chi connectivity index (χ4v) is 3.05. The fourth-order valence-electron chi connectivity index (χ4n) is 2.45. The summed E-state index contributed by atoms with van der Waals surface area (Å²) in [5, 5.41) is 5.16.